The van der Waals surface area contributed by atoms with Crippen molar-refractivity contribution in [3.8, 4) is 0 Å². The van der Waals surface area contributed by atoms with Gasteiger partial charge in [-0.1, -0.05) is 25.9 Å². The number of aromatic nitrogens is 2. The predicted octanol–water partition coefficient (Wildman–Crippen LogP) is 2.01. The Kier molecular flexibility index (Phi) is 7.89. The lowest BCUT2D eigenvalue weighted by molar-refractivity contribution is 0.268. The summed E-state index contributed by atoms with van der Waals surface area (Å²) in [6.07, 6.45) is 1.18. The van der Waals surface area contributed by atoms with Gasteiger partial charge in [-0.05, 0) is 19.5 Å². The van der Waals surface area contributed by atoms with Crippen molar-refractivity contribution in [2.24, 2.45) is 0 Å². The number of hydrogen-bond donors (Lipinski definition) is 1. The largest absolute Gasteiger partial charge is 0.339 e. The van der Waals surface area contributed by atoms with Gasteiger partial charge in [0, 0.05) is 18.5 Å². The van der Waals surface area contributed by atoms with E-state index in [4.69, 9.17) is 4.52 Å². The Morgan fingerprint density at radius 2 is 1.95 bits per heavy atom. The van der Waals surface area contributed by atoms with Crippen molar-refractivity contribution in [3.05, 3.63) is 11.7 Å². The molecule has 1 fully saturated rings. The number of nitrogens with one attached hydrogen (secondary N) is 1. The zero-order valence-electron chi connectivity index (χ0n) is 11.8. The van der Waals surface area contributed by atoms with Gasteiger partial charge in [0.2, 0.25) is 5.89 Å². The third kappa shape index (κ3) is 5.65. The average molecular weight is 311 g/mol. The third-order valence-corrected chi connectivity index (χ3v) is 2.91. The van der Waals surface area contributed by atoms with Crippen LogP contribution in [0.2, 0.25) is 0 Å². The molecule has 2 heterocycles. The van der Waals surface area contributed by atoms with Gasteiger partial charge in [0.15, 0.2) is 5.82 Å². The van der Waals surface area contributed by atoms with Crippen LogP contribution in [0.15, 0.2) is 4.52 Å². The molecule has 1 saturated heterocycles. The maximum atomic E-state index is 5.30. The van der Waals surface area contributed by atoms with Crippen LogP contribution in [0.1, 0.15) is 38.9 Å². The smallest absolute Gasteiger partial charge is 0.232 e. The summed E-state index contributed by atoms with van der Waals surface area (Å²) in [5.74, 6) is 1.53. The van der Waals surface area contributed by atoms with Gasteiger partial charge >= 0.3 is 0 Å². The molecule has 0 radical (unpaired) electrons. The van der Waals surface area contributed by atoms with E-state index < -0.39 is 0 Å². The van der Waals surface area contributed by atoms with Crippen LogP contribution < -0.4 is 5.32 Å². The number of hydrogen-bond acceptors (Lipinski definition) is 5. The van der Waals surface area contributed by atoms with Crippen molar-refractivity contribution in [2.75, 3.05) is 26.2 Å². The van der Waals surface area contributed by atoms with Gasteiger partial charge in [0.05, 0.1) is 6.54 Å². The molecule has 1 aromatic heterocycles. The first-order chi connectivity index (χ1) is 8.05. The van der Waals surface area contributed by atoms with Gasteiger partial charge in [-0.2, -0.15) is 4.98 Å². The second-order valence-corrected chi connectivity index (χ2v) is 5.65. The highest BCUT2D eigenvalue weighted by molar-refractivity contribution is 5.85. The first-order valence-corrected chi connectivity index (χ1v) is 6.32. The molecule has 1 aliphatic heterocycles. The van der Waals surface area contributed by atoms with Gasteiger partial charge in [-0.15, -0.1) is 24.8 Å². The molecule has 112 valence electrons. The molecule has 0 aromatic carbocycles. The highest BCUT2D eigenvalue weighted by Crippen LogP contribution is 2.19. The molecule has 19 heavy (non-hydrogen) atoms. The Labute approximate surface area is 127 Å². The van der Waals surface area contributed by atoms with Crippen LogP contribution in [0.5, 0.6) is 0 Å². The summed E-state index contributed by atoms with van der Waals surface area (Å²) in [5, 5.41) is 7.45. The quantitative estimate of drug-likeness (QED) is 0.905. The Balaban J connectivity index is 0.00000162. The summed E-state index contributed by atoms with van der Waals surface area (Å²) in [4.78, 5) is 6.84. The summed E-state index contributed by atoms with van der Waals surface area (Å²) in [6.45, 7) is 11.4. The summed E-state index contributed by atoms with van der Waals surface area (Å²) < 4.78 is 5.30. The predicted molar refractivity (Wildman–Crippen MR) is 80.3 cm³/mol. The number of nitrogens with zero attached hydrogens (tertiary/aromatic N) is 3. The second kappa shape index (κ2) is 8.04. The monoisotopic (exact) mass is 310 g/mol. The highest BCUT2D eigenvalue weighted by Gasteiger charge is 2.22. The van der Waals surface area contributed by atoms with Crippen molar-refractivity contribution in [2.45, 2.75) is 39.2 Å². The molecule has 1 N–H and O–H groups in total. The molecule has 0 unspecified atom stereocenters. The number of halogens is 2. The Morgan fingerprint density at radius 1 is 1.21 bits per heavy atom. The lowest BCUT2D eigenvalue weighted by Gasteiger charge is -2.16. The summed E-state index contributed by atoms with van der Waals surface area (Å²) in [6, 6.07) is 0. The van der Waals surface area contributed by atoms with Crippen molar-refractivity contribution in [3.63, 3.8) is 0 Å². The molecule has 2 rings (SSSR count). The van der Waals surface area contributed by atoms with Crippen LogP contribution in [0, 0.1) is 0 Å². The van der Waals surface area contributed by atoms with E-state index in [1.54, 1.807) is 0 Å². The zero-order valence-corrected chi connectivity index (χ0v) is 13.4. The standard InChI is InChI=1S/C12H22N4O.2ClH/c1-12(2,3)11-14-10(15-17-11)9-16-7-4-5-13-6-8-16;;/h13H,4-9H2,1-3H3;2*1H. The van der Waals surface area contributed by atoms with Gasteiger partial charge in [-0.3, -0.25) is 4.90 Å². The van der Waals surface area contributed by atoms with Gasteiger partial charge in [0.25, 0.3) is 0 Å². The van der Waals surface area contributed by atoms with Crippen LogP contribution in [-0.4, -0.2) is 41.2 Å². The Hall–Kier alpha value is -0.360. The second-order valence-electron chi connectivity index (χ2n) is 5.65. The molecule has 0 amide bonds. The van der Waals surface area contributed by atoms with E-state index in [-0.39, 0.29) is 30.2 Å². The van der Waals surface area contributed by atoms with Gasteiger partial charge in [-0.25, -0.2) is 0 Å². The normalized spacial score (nSPS) is 17.2. The first kappa shape index (κ1) is 18.6. The lowest BCUT2D eigenvalue weighted by atomic mass is 9.97. The minimum absolute atomic E-state index is 0. The maximum Gasteiger partial charge on any atom is 0.232 e. The first-order valence-electron chi connectivity index (χ1n) is 6.32. The summed E-state index contributed by atoms with van der Waals surface area (Å²) in [5.41, 5.74) is -0.0639. The number of rotatable bonds is 2. The van der Waals surface area contributed by atoms with Crippen LogP contribution >= 0.6 is 24.8 Å². The van der Waals surface area contributed by atoms with E-state index in [2.05, 4.69) is 41.1 Å². The van der Waals surface area contributed by atoms with E-state index in [1.807, 2.05) is 0 Å². The fourth-order valence-corrected chi connectivity index (χ4v) is 1.88. The van der Waals surface area contributed by atoms with Crippen molar-refractivity contribution in [1.82, 2.24) is 20.4 Å². The minimum Gasteiger partial charge on any atom is -0.339 e. The van der Waals surface area contributed by atoms with Crippen LogP contribution in [0.3, 0.4) is 0 Å². The van der Waals surface area contributed by atoms with E-state index in [0.29, 0.717) is 0 Å². The fourth-order valence-electron chi connectivity index (χ4n) is 1.88. The van der Waals surface area contributed by atoms with Crippen molar-refractivity contribution >= 4 is 24.8 Å². The average Bonchev–Trinajstić information content (AvgIpc) is 2.56. The molecule has 0 aliphatic carbocycles. The SMILES string of the molecule is CC(C)(C)c1nc(CN2CCCNCC2)no1.Cl.Cl. The van der Waals surface area contributed by atoms with Crippen LogP contribution in [0.4, 0.5) is 0 Å². The third-order valence-electron chi connectivity index (χ3n) is 2.91. The Bertz CT molecular complexity index is 357. The lowest BCUT2D eigenvalue weighted by Crippen LogP contribution is -2.28. The molecule has 5 nitrogen and oxygen atoms in total. The van der Waals surface area contributed by atoms with E-state index in [1.165, 1.54) is 6.42 Å². The van der Waals surface area contributed by atoms with E-state index in [9.17, 15) is 0 Å². The van der Waals surface area contributed by atoms with Crippen molar-refractivity contribution in [1.29, 1.82) is 0 Å². The highest BCUT2D eigenvalue weighted by atomic mass is 35.5. The van der Waals surface area contributed by atoms with Gasteiger partial charge in [0.1, 0.15) is 0 Å². The zero-order chi connectivity index (χ0) is 12.3. The van der Waals surface area contributed by atoms with E-state index in [0.717, 1.165) is 44.4 Å². The molecule has 1 aliphatic rings. The molecule has 0 bridgehead atoms. The van der Waals surface area contributed by atoms with Gasteiger partial charge < -0.3 is 9.84 Å². The summed E-state index contributed by atoms with van der Waals surface area (Å²) in [7, 11) is 0. The molecule has 0 spiro atoms. The molecule has 7 heteroatoms. The summed E-state index contributed by atoms with van der Waals surface area (Å²) >= 11 is 0. The molecular weight excluding hydrogens is 287 g/mol. The molecule has 0 saturated carbocycles. The fraction of sp³-hybridized carbons (Fsp3) is 0.833. The minimum atomic E-state index is -0.0639. The topological polar surface area (TPSA) is 54.2 Å². The molecule has 0 atom stereocenters. The molecular formula is C12H24Cl2N4O. The maximum absolute atomic E-state index is 5.30. The van der Waals surface area contributed by atoms with E-state index >= 15 is 0 Å². The van der Waals surface area contributed by atoms with Crippen molar-refractivity contribution < 1.29 is 4.52 Å². The Morgan fingerprint density at radius 3 is 2.58 bits per heavy atom. The van der Waals surface area contributed by atoms with Crippen LogP contribution in [-0.2, 0) is 12.0 Å². The van der Waals surface area contributed by atoms with Crippen LogP contribution in [0.25, 0.3) is 0 Å². The molecule has 1 aromatic rings.